The first-order valence-electron chi connectivity index (χ1n) is 5.75. The Labute approximate surface area is 107 Å². The summed E-state index contributed by atoms with van der Waals surface area (Å²) in [5, 5.41) is 2.95. The minimum atomic E-state index is -2.97. The van der Waals surface area contributed by atoms with Crippen LogP contribution < -0.4 is 10.2 Å². The van der Waals surface area contributed by atoms with Gasteiger partial charge < -0.3 is 10.2 Å². The van der Waals surface area contributed by atoms with Crippen molar-refractivity contribution in [2.24, 2.45) is 0 Å². The molecule has 1 aliphatic heterocycles. The van der Waals surface area contributed by atoms with Crippen LogP contribution in [-0.2, 0) is 14.6 Å². The maximum Gasteiger partial charge on any atom is 0.246 e. The molecule has 0 bridgehead atoms. The first kappa shape index (κ1) is 13.0. The molecule has 1 amide bonds. The zero-order chi connectivity index (χ0) is 13.2. The maximum atomic E-state index is 11.8. The first-order chi connectivity index (χ1) is 8.47. The van der Waals surface area contributed by atoms with E-state index < -0.39 is 9.84 Å². The molecule has 1 aromatic rings. The molecule has 1 heterocycles. The second-order valence-corrected chi connectivity index (χ2v) is 6.68. The van der Waals surface area contributed by atoms with Crippen LogP contribution in [0.1, 0.15) is 0 Å². The Morgan fingerprint density at radius 3 is 2.56 bits per heavy atom. The molecule has 0 aliphatic carbocycles. The molecule has 0 spiro atoms. The molecule has 6 heteroatoms. The second kappa shape index (κ2) is 5.07. The summed E-state index contributed by atoms with van der Waals surface area (Å²) in [6.07, 6.45) is 1.19. The molecule has 1 aliphatic rings. The Morgan fingerprint density at radius 2 is 2.00 bits per heavy atom. The molecule has 0 radical (unpaired) electrons. The van der Waals surface area contributed by atoms with Crippen LogP contribution in [0.15, 0.2) is 30.3 Å². The topological polar surface area (TPSA) is 66.5 Å². The van der Waals surface area contributed by atoms with E-state index >= 15 is 0 Å². The van der Waals surface area contributed by atoms with Crippen molar-refractivity contribution in [1.29, 1.82) is 0 Å². The van der Waals surface area contributed by atoms with Gasteiger partial charge in [0.25, 0.3) is 0 Å². The molecule has 0 aromatic heterocycles. The molecule has 1 aromatic carbocycles. The number of sulfone groups is 1. The smallest absolute Gasteiger partial charge is 0.246 e. The average molecular weight is 268 g/mol. The van der Waals surface area contributed by atoms with E-state index in [-0.39, 0.29) is 17.7 Å². The Balaban J connectivity index is 1.82. The minimum Gasteiger partial charge on any atom is -0.309 e. The fourth-order valence-corrected chi connectivity index (χ4v) is 2.33. The Bertz CT molecular complexity index is 528. The molecular formula is C12H16N2O3S. The van der Waals surface area contributed by atoms with Crippen molar-refractivity contribution in [3.05, 3.63) is 30.3 Å². The summed E-state index contributed by atoms with van der Waals surface area (Å²) in [5.74, 6) is 0.0527. The highest BCUT2D eigenvalue weighted by Crippen LogP contribution is 2.21. The highest BCUT2D eigenvalue weighted by Gasteiger charge is 2.36. The molecule has 1 unspecified atom stereocenters. The summed E-state index contributed by atoms with van der Waals surface area (Å²) < 4.78 is 21.9. The average Bonchev–Trinajstić information content (AvgIpc) is 2.32. The van der Waals surface area contributed by atoms with E-state index in [9.17, 15) is 13.2 Å². The standard InChI is InChI=1S/C12H16N2O3S/c1-18(16,17)8-7-13-11-9-14(12(11)15)10-5-3-2-4-6-10/h2-6,11,13H,7-9H2,1H3. The van der Waals surface area contributed by atoms with Gasteiger partial charge in [-0.05, 0) is 12.1 Å². The Kier molecular flexibility index (Phi) is 3.68. The van der Waals surface area contributed by atoms with Crippen molar-refractivity contribution in [3.63, 3.8) is 0 Å². The molecule has 2 rings (SSSR count). The lowest BCUT2D eigenvalue weighted by Gasteiger charge is -2.38. The number of carbonyl (C=O) groups excluding carboxylic acids is 1. The van der Waals surface area contributed by atoms with E-state index in [2.05, 4.69) is 5.32 Å². The molecule has 0 saturated carbocycles. The first-order valence-corrected chi connectivity index (χ1v) is 7.81. The van der Waals surface area contributed by atoms with Crippen molar-refractivity contribution in [2.75, 3.05) is 30.0 Å². The van der Waals surface area contributed by atoms with Gasteiger partial charge >= 0.3 is 0 Å². The van der Waals surface area contributed by atoms with Gasteiger partial charge in [-0.25, -0.2) is 8.42 Å². The van der Waals surface area contributed by atoms with E-state index in [0.717, 1.165) is 5.69 Å². The molecule has 1 atom stereocenters. The molecule has 1 fully saturated rings. The quantitative estimate of drug-likeness (QED) is 0.766. The van der Waals surface area contributed by atoms with Crippen LogP contribution >= 0.6 is 0 Å². The van der Waals surface area contributed by atoms with Gasteiger partial charge in [-0.1, -0.05) is 18.2 Å². The van der Waals surface area contributed by atoms with Gasteiger partial charge in [-0.3, -0.25) is 4.79 Å². The van der Waals surface area contributed by atoms with Gasteiger partial charge in [-0.15, -0.1) is 0 Å². The molecule has 98 valence electrons. The second-order valence-electron chi connectivity index (χ2n) is 4.42. The van der Waals surface area contributed by atoms with Crippen LogP contribution in [0.4, 0.5) is 5.69 Å². The number of nitrogens with one attached hydrogen (secondary N) is 1. The van der Waals surface area contributed by atoms with E-state index in [1.807, 2.05) is 30.3 Å². The van der Waals surface area contributed by atoms with Crippen LogP contribution in [-0.4, -0.2) is 45.5 Å². The number of β-lactam (4-membered cyclic amide) rings is 1. The van der Waals surface area contributed by atoms with Crippen molar-refractivity contribution in [1.82, 2.24) is 5.32 Å². The molecule has 1 saturated heterocycles. The molecule has 1 N–H and O–H groups in total. The van der Waals surface area contributed by atoms with E-state index in [1.165, 1.54) is 6.26 Å². The van der Waals surface area contributed by atoms with Gasteiger partial charge in [0, 0.05) is 18.5 Å². The van der Waals surface area contributed by atoms with Crippen LogP contribution in [0.2, 0.25) is 0 Å². The third-order valence-electron chi connectivity index (χ3n) is 2.86. The fraction of sp³-hybridized carbons (Fsp3) is 0.417. The summed E-state index contributed by atoms with van der Waals surface area (Å²) in [5.41, 5.74) is 0.878. The lowest BCUT2D eigenvalue weighted by atomic mass is 10.1. The zero-order valence-electron chi connectivity index (χ0n) is 10.2. The lowest BCUT2D eigenvalue weighted by Crippen LogP contribution is -2.63. The van der Waals surface area contributed by atoms with Crippen molar-refractivity contribution < 1.29 is 13.2 Å². The number of benzene rings is 1. The number of nitrogens with zero attached hydrogens (tertiary/aromatic N) is 1. The highest BCUT2D eigenvalue weighted by molar-refractivity contribution is 7.90. The summed E-state index contributed by atoms with van der Waals surface area (Å²) in [4.78, 5) is 13.5. The Hall–Kier alpha value is -1.40. The minimum absolute atomic E-state index is 0.00491. The maximum absolute atomic E-state index is 11.8. The van der Waals surface area contributed by atoms with Gasteiger partial charge in [0.15, 0.2) is 0 Å². The van der Waals surface area contributed by atoms with Crippen molar-refractivity contribution in [2.45, 2.75) is 6.04 Å². The highest BCUT2D eigenvalue weighted by atomic mass is 32.2. The predicted molar refractivity (Wildman–Crippen MR) is 70.3 cm³/mol. The summed E-state index contributed by atoms with van der Waals surface area (Å²) in [7, 11) is -2.97. The van der Waals surface area contributed by atoms with Crippen LogP contribution in [0.5, 0.6) is 0 Å². The summed E-state index contributed by atoms with van der Waals surface area (Å²) in [6.45, 7) is 0.907. The fourth-order valence-electron chi connectivity index (χ4n) is 1.84. The number of carbonyl (C=O) groups is 1. The molecular weight excluding hydrogens is 252 g/mol. The SMILES string of the molecule is CS(=O)(=O)CCNC1CN(c2ccccc2)C1=O. The van der Waals surface area contributed by atoms with Gasteiger partial charge in [-0.2, -0.15) is 0 Å². The lowest BCUT2D eigenvalue weighted by molar-refractivity contribution is -0.124. The monoisotopic (exact) mass is 268 g/mol. The largest absolute Gasteiger partial charge is 0.309 e. The number of anilines is 1. The number of rotatable bonds is 5. The summed E-state index contributed by atoms with van der Waals surface area (Å²) >= 11 is 0. The van der Waals surface area contributed by atoms with Crippen molar-refractivity contribution in [3.8, 4) is 0 Å². The summed E-state index contributed by atoms with van der Waals surface area (Å²) in [6, 6.07) is 9.16. The Morgan fingerprint density at radius 1 is 1.33 bits per heavy atom. The van der Waals surface area contributed by atoms with E-state index in [1.54, 1.807) is 4.90 Å². The number of para-hydroxylation sites is 1. The van der Waals surface area contributed by atoms with Crippen LogP contribution in [0, 0.1) is 0 Å². The number of hydrogen-bond acceptors (Lipinski definition) is 4. The van der Waals surface area contributed by atoms with E-state index in [0.29, 0.717) is 13.1 Å². The van der Waals surface area contributed by atoms with Gasteiger partial charge in [0.2, 0.25) is 5.91 Å². The van der Waals surface area contributed by atoms with Gasteiger partial charge in [0.05, 0.1) is 12.3 Å². The van der Waals surface area contributed by atoms with E-state index in [4.69, 9.17) is 0 Å². The number of amides is 1. The molecule has 5 nitrogen and oxygen atoms in total. The van der Waals surface area contributed by atoms with Crippen LogP contribution in [0.25, 0.3) is 0 Å². The predicted octanol–water partition coefficient (Wildman–Crippen LogP) is 0.0360. The normalized spacial score (nSPS) is 19.7. The zero-order valence-corrected chi connectivity index (χ0v) is 11.0. The van der Waals surface area contributed by atoms with Gasteiger partial charge in [0.1, 0.15) is 15.9 Å². The third-order valence-corrected chi connectivity index (χ3v) is 3.81. The third kappa shape index (κ3) is 3.08. The van der Waals surface area contributed by atoms with Crippen LogP contribution in [0.3, 0.4) is 0 Å². The van der Waals surface area contributed by atoms with Crippen molar-refractivity contribution >= 4 is 21.4 Å². The number of hydrogen-bond donors (Lipinski definition) is 1. The molecule has 18 heavy (non-hydrogen) atoms.